The molecule has 1 amide bonds. The number of ether oxygens (including phenoxy) is 2. The number of aromatic hydroxyl groups is 1. The number of fused-ring (bicyclic) bond motifs is 4. The van der Waals surface area contributed by atoms with E-state index in [0.29, 0.717) is 39.6 Å². The van der Waals surface area contributed by atoms with Crippen LogP contribution in [0.25, 0.3) is 44.0 Å². The standard InChI is InChI=1S/C49H40N10O21S5/c1-23-18-35(38(77-16-5-17-83(67,68)69)21-33(23)53-52-32-15-12-27-29(46(32)85(73,74)75)6-4-7-36(27)78-82(65)66)55-56-42-39(81-80-79-64)20-30-28(45(42)60)13-14-31-41(30)51-47(50-31)25-8-10-26(11-9-25)59-48(61)43(44(58-59)49(62)63)57-54-34-19-24(2)40(84(70,71)72)22-37(34)76-3/h4,6-15,18-22,43,60,64H,5,16-17H2,1-3H3,(H,50,51)(H,62,63)(H,65,66)(H,67,68,69)(H,70,71,72)(H,73,74,75)/b53-52+,56-55+,57-54+. The zero-order valence-corrected chi connectivity index (χ0v) is 47.4. The molecule has 0 bridgehead atoms. The highest BCUT2D eigenvalue weighted by Gasteiger charge is 2.41. The number of azo groups is 3. The van der Waals surface area contributed by atoms with Crippen LogP contribution in [0.5, 0.6) is 23.0 Å². The Labute approximate surface area is 485 Å². The van der Waals surface area contributed by atoms with Crippen LogP contribution in [0.2, 0.25) is 0 Å². The minimum atomic E-state index is -5.04. The number of aryl methyl sites for hydroxylation is 2. The molecule has 8 N–H and O–H groups in total. The first-order chi connectivity index (χ1) is 40.2. The number of hydrogen-bond donors (Lipinski definition) is 8. The number of aromatic nitrogens is 2. The van der Waals surface area contributed by atoms with Crippen molar-refractivity contribution in [1.29, 1.82) is 0 Å². The Kier molecular flexibility index (Phi) is 17.5. The summed E-state index contributed by atoms with van der Waals surface area (Å²) in [6.45, 7) is 2.58. The predicted octanol–water partition coefficient (Wildman–Crippen LogP) is 9.73. The van der Waals surface area contributed by atoms with Gasteiger partial charge >= 0.3 is 17.3 Å². The zero-order valence-electron chi connectivity index (χ0n) is 43.3. The van der Waals surface area contributed by atoms with Crippen LogP contribution in [0.4, 0.5) is 34.1 Å². The molecule has 1 aromatic heterocycles. The van der Waals surface area contributed by atoms with Crippen molar-refractivity contribution in [3.63, 3.8) is 0 Å². The minimum absolute atomic E-state index is 0.000561. The number of H-pyrrole nitrogens is 1. The summed E-state index contributed by atoms with van der Waals surface area (Å²) < 4.78 is 143. The third kappa shape index (κ3) is 13.3. The molecule has 31 nitrogen and oxygen atoms in total. The van der Waals surface area contributed by atoms with Crippen molar-refractivity contribution < 1.29 is 95.8 Å². The van der Waals surface area contributed by atoms with Crippen LogP contribution in [0.15, 0.2) is 148 Å². The average molecular weight is 1270 g/mol. The summed E-state index contributed by atoms with van der Waals surface area (Å²) in [4.78, 5) is 32.6. The number of benzene rings is 7. The van der Waals surface area contributed by atoms with Gasteiger partial charge in [0, 0.05) is 39.2 Å². The van der Waals surface area contributed by atoms with Crippen molar-refractivity contribution in [3.05, 3.63) is 108 Å². The Balaban J connectivity index is 1.02. The second-order valence-corrected chi connectivity index (χ2v) is 23.5. The number of carboxylic acids is 1. The molecule has 8 aromatic rings. The lowest BCUT2D eigenvalue weighted by Gasteiger charge is -2.13. The van der Waals surface area contributed by atoms with E-state index in [1.165, 1.54) is 80.8 Å². The van der Waals surface area contributed by atoms with Gasteiger partial charge in [-0.2, -0.15) is 54.9 Å². The van der Waals surface area contributed by atoms with Crippen molar-refractivity contribution in [3.8, 4) is 34.4 Å². The van der Waals surface area contributed by atoms with Crippen LogP contribution < -0.4 is 18.7 Å². The SMILES string of the molecule is COc1cc(S(=O)(=O)O)c(C)cc1/N=N/C1C(=O)N(c2ccc(-c3nc4ccc5c(O)c(/N=N/c6cc(C)c(/N=N/c7ccc8c(OS(=O)O)cccc8c7S(=O)(=O)O)cc6OCCCS(=O)(=O)O)c(SOOO)cc5c4[nH]3)cc2)N=C1C(=O)O. The van der Waals surface area contributed by atoms with Crippen molar-refractivity contribution in [1.82, 2.24) is 9.97 Å². The second-order valence-electron chi connectivity index (χ2n) is 17.8. The topological polar surface area (TPSA) is 460 Å². The van der Waals surface area contributed by atoms with E-state index in [-0.39, 0.29) is 96.8 Å². The van der Waals surface area contributed by atoms with Crippen molar-refractivity contribution in [2.45, 2.75) is 41.0 Å². The summed E-state index contributed by atoms with van der Waals surface area (Å²) in [7, 11) is -12.9. The van der Waals surface area contributed by atoms with Gasteiger partial charge in [0.15, 0.2) is 11.5 Å². The van der Waals surface area contributed by atoms with E-state index < -0.39 is 86.6 Å². The molecule has 1 aliphatic heterocycles. The smallest absolute Gasteiger partial charge is 0.357 e. The number of carbonyl (C=O) groups is 2. The fraction of sp³-hybridized carbons (Fsp3) is 0.143. The van der Waals surface area contributed by atoms with E-state index in [4.69, 9.17) is 18.0 Å². The normalized spacial score (nSPS) is 14.6. The number of nitrogens with zero attached hydrogens (tertiary/aromatic N) is 9. The van der Waals surface area contributed by atoms with E-state index in [0.717, 1.165) is 17.1 Å². The van der Waals surface area contributed by atoms with Gasteiger partial charge in [0.2, 0.25) is 6.04 Å². The molecule has 442 valence electrons. The first kappa shape index (κ1) is 60.8. The maximum absolute atomic E-state index is 13.7. The van der Waals surface area contributed by atoms with Gasteiger partial charge in [0.1, 0.15) is 55.6 Å². The highest BCUT2D eigenvalue weighted by molar-refractivity contribution is 7.94. The number of phenols is 1. The largest absolute Gasteiger partial charge is 0.505 e. The van der Waals surface area contributed by atoms with Gasteiger partial charge in [-0.05, 0) is 104 Å². The number of aromatic amines is 1. The van der Waals surface area contributed by atoms with Crippen LogP contribution in [-0.4, -0.2) is 116 Å². The van der Waals surface area contributed by atoms with E-state index in [1.807, 2.05) is 0 Å². The number of imidazole rings is 1. The number of hydrogen-bond acceptors (Lipinski definition) is 25. The number of nitrogens with one attached hydrogen (secondary N) is 1. The van der Waals surface area contributed by atoms with Crippen molar-refractivity contribution in [2.24, 2.45) is 35.8 Å². The van der Waals surface area contributed by atoms with Gasteiger partial charge in [-0.15, -0.1) is 19.7 Å². The summed E-state index contributed by atoms with van der Waals surface area (Å²) in [5, 5.41) is 64.9. The Bertz CT molecular complexity index is 4560. The summed E-state index contributed by atoms with van der Waals surface area (Å²) in [5.41, 5.74) is 0.293. The molecule has 36 heteroatoms. The Morgan fingerprint density at radius 3 is 2.14 bits per heavy atom. The van der Waals surface area contributed by atoms with Gasteiger partial charge in [0.05, 0.1) is 58.8 Å². The third-order valence-corrected chi connectivity index (χ3v) is 16.1. The molecule has 1 aliphatic rings. The number of methoxy groups -OCH3 is 1. The number of rotatable bonds is 22. The number of carboxylic acid groups (broad SMARTS) is 1. The van der Waals surface area contributed by atoms with Crippen molar-refractivity contribution >= 4 is 138 Å². The monoisotopic (exact) mass is 1260 g/mol. The van der Waals surface area contributed by atoms with E-state index in [9.17, 15) is 72.7 Å². The van der Waals surface area contributed by atoms with Gasteiger partial charge in [-0.25, -0.2) is 15.0 Å². The molecular formula is C49H40N10O21S5. The number of carbonyl (C=O) groups excluding carboxylic acids is 1. The summed E-state index contributed by atoms with van der Waals surface area (Å²) in [6.07, 6.45) is -0.216. The van der Waals surface area contributed by atoms with Crippen LogP contribution in [0.1, 0.15) is 17.5 Å². The molecular weight excluding hydrogens is 1220 g/mol. The summed E-state index contributed by atoms with van der Waals surface area (Å²) >= 11 is -2.38. The van der Waals surface area contributed by atoms with Gasteiger partial charge in [-0.3, -0.25) is 23.0 Å². The van der Waals surface area contributed by atoms with Crippen LogP contribution in [0, 0.1) is 13.8 Å². The Morgan fingerprint density at radius 1 is 0.776 bits per heavy atom. The average Bonchev–Trinajstić information content (AvgIpc) is 2.07. The van der Waals surface area contributed by atoms with Gasteiger partial charge in [0.25, 0.3) is 36.3 Å². The van der Waals surface area contributed by atoms with Crippen molar-refractivity contribution in [2.75, 3.05) is 24.5 Å². The molecule has 7 aromatic carbocycles. The molecule has 0 saturated carbocycles. The first-order valence-corrected chi connectivity index (χ1v) is 30.1. The molecule has 85 heavy (non-hydrogen) atoms. The number of aliphatic carboxylic acids is 1. The molecule has 0 radical (unpaired) electrons. The first-order valence-electron chi connectivity index (χ1n) is 23.8. The van der Waals surface area contributed by atoms with E-state index in [1.54, 1.807) is 25.1 Å². The van der Waals surface area contributed by atoms with Gasteiger partial charge < -0.3 is 28.9 Å². The van der Waals surface area contributed by atoms with E-state index >= 15 is 0 Å². The molecule has 2 unspecified atom stereocenters. The highest BCUT2D eigenvalue weighted by atomic mass is 32.2. The van der Waals surface area contributed by atoms with Crippen LogP contribution in [-0.2, 0) is 60.7 Å². The zero-order chi connectivity index (χ0) is 61.3. The number of amides is 1. The third-order valence-electron chi connectivity index (χ3n) is 12.4. The molecule has 0 fully saturated rings. The number of hydrazone groups is 1. The van der Waals surface area contributed by atoms with Crippen LogP contribution >= 0.6 is 12.0 Å². The fourth-order valence-corrected chi connectivity index (χ4v) is 11.4. The lowest BCUT2D eigenvalue weighted by Crippen LogP contribution is -2.33. The molecule has 2 heterocycles. The summed E-state index contributed by atoms with van der Waals surface area (Å²) in [6, 6.07) is 20.1. The second kappa shape index (κ2) is 24.4. The fourth-order valence-electron chi connectivity index (χ4n) is 8.58. The minimum Gasteiger partial charge on any atom is -0.505 e. The number of anilines is 1. The van der Waals surface area contributed by atoms with Gasteiger partial charge in [-0.1, -0.05) is 17.2 Å². The molecule has 9 rings (SSSR count). The lowest BCUT2D eigenvalue weighted by molar-refractivity contribution is -0.432. The van der Waals surface area contributed by atoms with E-state index in [2.05, 4.69) is 50.8 Å². The Hall–Kier alpha value is -8.79. The number of phenolic OH excluding ortho intramolecular Hbond substituents is 1. The molecule has 0 spiro atoms. The maximum Gasteiger partial charge on any atom is 0.357 e. The highest BCUT2D eigenvalue weighted by Crippen LogP contribution is 2.47. The molecule has 2 atom stereocenters. The lowest BCUT2D eigenvalue weighted by atomic mass is 10.1. The molecule has 0 saturated heterocycles. The maximum atomic E-state index is 13.7. The summed E-state index contributed by atoms with van der Waals surface area (Å²) in [5.74, 6) is -3.82. The molecule has 0 aliphatic carbocycles. The quantitative estimate of drug-likeness (QED) is 0.00595. The predicted molar refractivity (Wildman–Crippen MR) is 301 cm³/mol. The Morgan fingerprint density at radius 2 is 1.47 bits per heavy atom. The van der Waals surface area contributed by atoms with Crippen LogP contribution in [0.3, 0.4) is 0 Å².